The molecular weight excluding hydrogens is 304 g/mol. The minimum atomic E-state index is -0.626. The Balaban J connectivity index is 1.77. The number of hydrogen-bond acceptors (Lipinski definition) is 4. The number of benzene rings is 1. The zero-order chi connectivity index (χ0) is 17.5. The lowest BCUT2D eigenvalue weighted by Gasteiger charge is -2.16. The van der Waals surface area contributed by atoms with Crippen LogP contribution in [0.2, 0.25) is 0 Å². The van der Waals surface area contributed by atoms with E-state index in [0.29, 0.717) is 18.3 Å². The lowest BCUT2D eigenvalue weighted by molar-refractivity contribution is -0.151. The van der Waals surface area contributed by atoms with E-state index in [-0.39, 0.29) is 5.97 Å². The van der Waals surface area contributed by atoms with Gasteiger partial charge < -0.3 is 9.47 Å². The van der Waals surface area contributed by atoms with Crippen molar-refractivity contribution in [2.24, 2.45) is 0 Å². The number of hydrogen-bond donors (Lipinski definition) is 0. The SMILES string of the molecule is Cc1cc(OC(C)C(=O)OCCCn2cccn2)ccc1C(C)C. The van der Waals surface area contributed by atoms with E-state index in [2.05, 4.69) is 31.9 Å². The van der Waals surface area contributed by atoms with Crippen molar-refractivity contribution in [3.63, 3.8) is 0 Å². The van der Waals surface area contributed by atoms with Gasteiger partial charge in [-0.1, -0.05) is 19.9 Å². The average molecular weight is 330 g/mol. The molecule has 130 valence electrons. The molecule has 2 aromatic rings. The van der Waals surface area contributed by atoms with Crippen molar-refractivity contribution in [1.82, 2.24) is 9.78 Å². The van der Waals surface area contributed by atoms with Crippen LogP contribution in [-0.2, 0) is 16.1 Å². The Hall–Kier alpha value is -2.30. The van der Waals surface area contributed by atoms with Crippen molar-refractivity contribution in [1.29, 1.82) is 0 Å². The number of rotatable bonds is 8. The zero-order valence-corrected chi connectivity index (χ0v) is 14.9. The molecule has 0 saturated heterocycles. The Morgan fingerprint density at radius 2 is 2.08 bits per heavy atom. The van der Waals surface area contributed by atoms with Gasteiger partial charge in [-0.3, -0.25) is 4.68 Å². The molecule has 0 N–H and O–H groups in total. The van der Waals surface area contributed by atoms with E-state index in [4.69, 9.17) is 9.47 Å². The molecular formula is C19H26N2O3. The normalized spacial score (nSPS) is 12.2. The quantitative estimate of drug-likeness (QED) is 0.547. The molecule has 0 spiro atoms. The van der Waals surface area contributed by atoms with Gasteiger partial charge in [-0.15, -0.1) is 0 Å². The minimum absolute atomic E-state index is 0.346. The molecule has 0 bridgehead atoms. The van der Waals surface area contributed by atoms with E-state index in [1.807, 2.05) is 29.1 Å². The van der Waals surface area contributed by atoms with Crippen LogP contribution in [0.15, 0.2) is 36.7 Å². The highest BCUT2D eigenvalue weighted by atomic mass is 16.6. The summed E-state index contributed by atoms with van der Waals surface area (Å²) in [6.45, 7) is 9.17. The Morgan fingerprint density at radius 1 is 1.29 bits per heavy atom. The predicted octanol–water partition coefficient (Wildman–Crippen LogP) is 3.72. The summed E-state index contributed by atoms with van der Waals surface area (Å²) in [7, 11) is 0. The Morgan fingerprint density at radius 3 is 2.71 bits per heavy atom. The molecule has 0 aliphatic carbocycles. The van der Waals surface area contributed by atoms with Crippen LogP contribution < -0.4 is 4.74 Å². The highest BCUT2D eigenvalue weighted by Gasteiger charge is 2.16. The molecule has 1 aromatic carbocycles. The van der Waals surface area contributed by atoms with Crippen molar-refractivity contribution >= 4 is 5.97 Å². The van der Waals surface area contributed by atoms with E-state index < -0.39 is 6.10 Å². The average Bonchev–Trinajstić information content (AvgIpc) is 3.04. The van der Waals surface area contributed by atoms with E-state index >= 15 is 0 Å². The van der Waals surface area contributed by atoms with Crippen LogP contribution in [0.4, 0.5) is 0 Å². The summed E-state index contributed by atoms with van der Waals surface area (Å²) in [5.74, 6) is 0.815. The van der Waals surface area contributed by atoms with Crippen molar-refractivity contribution in [3.8, 4) is 5.75 Å². The van der Waals surface area contributed by atoms with Crippen molar-refractivity contribution < 1.29 is 14.3 Å². The van der Waals surface area contributed by atoms with Gasteiger partial charge in [0.1, 0.15) is 5.75 Å². The molecule has 1 aromatic heterocycles. The summed E-state index contributed by atoms with van der Waals surface area (Å²) in [6, 6.07) is 7.80. The van der Waals surface area contributed by atoms with Crippen molar-refractivity contribution in [2.45, 2.75) is 52.7 Å². The third-order valence-corrected chi connectivity index (χ3v) is 3.84. The number of esters is 1. The van der Waals surface area contributed by atoms with Gasteiger partial charge >= 0.3 is 5.97 Å². The molecule has 0 aliphatic rings. The number of nitrogens with zero attached hydrogens (tertiary/aromatic N) is 2. The monoisotopic (exact) mass is 330 g/mol. The highest BCUT2D eigenvalue weighted by Crippen LogP contribution is 2.24. The van der Waals surface area contributed by atoms with Gasteiger partial charge in [0.05, 0.1) is 6.61 Å². The summed E-state index contributed by atoms with van der Waals surface area (Å²) in [5.41, 5.74) is 2.46. The van der Waals surface area contributed by atoms with Crippen LogP contribution in [0.3, 0.4) is 0 Å². The molecule has 1 atom stereocenters. The third kappa shape index (κ3) is 5.11. The van der Waals surface area contributed by atoms with Gasteiger partial charge in [-0.25, -0.2) is 4.79 Å². The van der Waals surface area contributed by atoms with Crippen molar-refractivity contribution in [2.75, 3.05) is 6.61 Å². The molecule has 5 heteroatoms. The van der Waals surface area contributed by atoms with E-state index in [1.165, 1.54) is 11.1 Å². The largest absolute Gasteiger partial charge is 0.479 e. The van der Waals surface area contributed by atoms with Gasteiger partial charge in [-0.2, -0.15) is 5.10 Å². The molecule has 0 fully saturated rings. The molecule has 5 nitrogen and oxygen atoms in total. The van der Waals surface area contributed by atoms with Gasteiger partial charge in [0.25, 0.3) is 0 Å². The zero-order valence-electron chi connectivity index (χ0n) is 14.9. The van der Waals surface area contributed by atoms with Gasteiger partial charge in [-0.05, 0) is 49.1 Å². The number of aromatic nitrogens is 2. The molecule has 0 amide bonds. The van der Waals surface area contributed by atoms with Crippen LogP contribution >= 0.6 is 0 Å². The second-order valence-corrected chi connectivity index (χ2v) is 6.22. The molecule has 24 heavy (non-hydrogen) atoms. The van der Waals surface area contributed by atoms with E-state index in [0.717, 1.165) is 13.0 Å². The fourth-order valence-corrected chi connectivity index (χ4v) is 2.57. The minimum Gasteiger partial charge on any atom is -0.479 e. The lowest BCUT2D eigenvalue weighted by atomic mass is 9.98. The molecule has 2 rings (SSSR count). The maximum absolute atomic E-state index is 12.0. The van der Waals surface area contributed by atoms with Crippen LogP contribution in [0, 0.1) is 6.92 Å². The first-order valence-corrected chi connectivity index (χ1v) is 8.38. The molecule has 1 unspecified atom stereocenters. The number of carbonyl (C=O) groups is 1. The second kappa shape index (κ2) is 8.52. The highest BCUT2D eigenvalue weighted by molar-refractivity contribution is 5.74. The van der Waals surface area contributed by atoms with Gasteiger partial charge in [0, 0.05) is 25.4 Å². The first kappa shape index (κ1) is 18.0. The molecule has 0 radical (unpaired) electrons. The molecule has 0 saturated carbocycles. The maximum Gasteiger partial charge on any atom is 0.347 e. The van der Waals surface area contributed by atoms with Crippen LogP contribution in [0.25, 0.3) is 0 Å². The first-order valence-electron chi connectivity index (χ1n) is 8.38. The number of ether oxygens (including phenoxy) is 2. The smallest absolute Gasteiger partial charge is 0.347 e. The standard InChI is InChI=1S/C19H26N2O3/c1-14(2)18-8-7-17(13-15(18)3)24-16(4)19(22)23-12-6-11-21-10-5-9-20-21/h5,7-10,13-14,16H,6,11-12H2,1-4H3. The van der Waals surface area contributed by atoms with Crippen LogP contribution in [0.1, 0.15) is 44.2 Å². The fourth-order valence-electron chi connectivity index (χ4n) is 2.57. The van der Waals surface area contributed by atoms with Crippen molar-refractivity contribution in [3.05, 3.63) is 47.8 Å². The fraction of sp³-hybridized carbons (Fsp3) is 0.474. The number of carbonyl (C=O) groups excluding carboxylic acids is 1. The molecule has 1 heterocycles. The Labute approximate surface area is 143 Å². The lowest BCUT2D eigenvalue weighted by Crippen LogP contribution is -2.26. The summed E-state index contributed by atoms with van der Waals surface area (Å²) in [5, 5.41) is 4.10. The summed E-state index contributed by atoms with van der Waals surface area (Å²) in [4.78, 5) is 12.0. The van der Waals surface area contributed by atoms with Crippen LogP contribution in [0.5, 0.6) is 5.75 Å². The Kier molecular flexibility index (Phi) is 6.41. The van der Waals surface area contributed by atoms with Crippen LogP contribution in [-0.4, -0.2) is 28.5 Å². The number of aryl methyl sites for hydroxylation is 2. The maximum atomic E-state index is 12.0. The van der Waals surface area contributed by atoms with E-state index in [9.17, 15) is 4.79 Å². The first-order chi connectivity index (χ1) is 11.5. The Bertz CT molecular complexity index is 651. The molecule has 0 aliphatic heterocycles. The summed E-state index contributed by atoms with van der Waals surface area (Å²) < 4.78 is 12.8. The predicted molar refractivity (Wildman–Crippen MR) is 93.2 cm³/mol. The summed E-state index contributed by atoms with van der Waals surface area (Å²) in [6.07, 6.45) is 3.71. The summed E-state index contributed by atoms with van der Waals surface area (Å²) >= 11 is 0. The van der Waals surface area contributed by atoms with E-state index in [1.54, 1.807) is 13.1 Å². The second-order valence-electron chi connectivity index (χ2n) is 6.22. The topological polar surface area (TPSA) is 53.4 Å². The van der Waals surface area contributed by atoms with Gasteiger partial charge in [0.2, 0.25) is 0 Å². The van der Waals surface area contributed by atoms with Gasteiger partial charge in [0.15, 0.2) is 6.10 Å². The third-order valence-electron chi connectivity index (χ3n) is 3.84.